The van der Waals surface area contributed by atoms with Gasteiger partial charge in [-0.1, -0.05) is 44.2 Å². The lowest BCUT2D eigenvalue weighted by Gasteiger charge is -2.37. The third-order valence-corrected chi connectivity index (χ3v) is 7.46. The molecular formula is C21H27NO4S. The Morgan fingerprint density at radius 1 is 1.15 bits per heavy atom. The average Bonchev–Trinajstić information content (AvgIpc) is 2.75. The van der Waals surface area contributed by atoms with Crippen molar-refractivity contribution in [3.8, 4) is 5.75 Å². The van der Waals surface area contributed by atoms with Crippen LogP contribution in [0, 0.1) is 0 Å². The van der Waals surface area contributed by atoms with Crippen LogP contribution in [0.15, 0.2) is 53.4 Å². The van der Waals surface area contributed by atoms with Crippen LogP contribution in [0.4, 0.5) is 0 Å². The molecule has 0 bridgehead atoms. The van der Waals surface area contributed by atoms with Crippen molar-refractivity contribution >= 4 is 9.84 Å². The Morgan fingerprint density at radius 2 is 1.81 bits per heavy atom. The molecule has 2 aromatic carbocycles. The highest BCUT2D eigenvalue weighted by Crippen LogP contribution is 2.38. The topological polar surface area (TPSA) is 86.6 Å². The summed E-state index contributed by atoms with van der Waals surface area (Å²) in [5.74, 6) is 0.107. The van der Waals surface area contributed by atoms with Crippen LogP contribution in [0.1, 0.15) is 50.3 Å². The van der Waals surface area contributed by atoms with Crippen LogP contribution in [-0.4, -0.2) is 36.0 Å². The summed E-state index contributed by atoms with van der Waals surface area (Å²) in [6.45, 7) is 3.85. The smallest absolute Gasteiger partial charge is 0.180 e. The number of nitrogens with one attached hydrogen (secondary N) is 1. The van der Waals surface area contributed by atoms with E-state index in [0.717, 1.165) is 5.56 Å². The maximum atomic E-state index is 13.2. The van der Waals surface area contributed by atoms with E-state index in [1.165, 1.54) is 0 Å². The number of aliphatic hydroxyl groups is 1. The second kappa shape index (κ2) is 7.62. The van der Waals surface area contributed by atoms with Gasteiger partial charge in [-0.2, -0.15) is 0 Å². The first-order valence-corrected chi connectivity index (χ1v) is 11.0. The zero-order chi connectivity index (χ0) is 19.7. The number of hydrogen-bond donors (Lipinski definition) is 3. The minimum Gasteiger partial charge on any atom is -0.508 e. The van der Waals surface area contributed by atoms with Crippen molar-refractivity contribution in [2.24, 2.45) is 0 Å². The standard InChI is InChI=1S/C21H27NO4S/c1-3-16(23)13-21(4-2)14-27(25,26)19-8-6-5-7-18(19)20(22-21)15-9-11-17(24)12-10-15/h5-12,16,20,22-24H,3-4,13-14H2,1-2H3/t16-,20+,21+/m1/s1. The van der Waals surface area contributed by atoms with E-state index >= 15 is 0 Å². The van der Waals surface area contributed by atoms with Crippen LogP contribution in [0.3, 0.4) is 0 Å². The molecule has 0 saturated heterocycles. The van der Waals surface area contributed by atoms with Gasteiger partial charge < -0.3 is 10.2 Å². The zero-order valence-electron chi connectivity index (χ0n) is 15.7. The van der Waals surface area contributed by atoms with Crippen LogP contribution in [-0.2, 0) is 9.84 Å². The van der Waals surface area contributed by atoms with Gasteiger partial charge in [-0.25, -0.2) is 8.42 Å². The van der Waals surface area contributed by atoms with Gasteiger partial charge >= 0.3 is 0 Å². The minimum absolute atomic E-state index is 0.0564. The number of rotatable bonds is 5. The minimum atomic E-state index is -3.52. The molecule has 3 rings (SSSR count). The fourth-order valence-electron chi connectivity index (χ4n) is 3.86. The highest BCUT2D eigenvalue weighted by Gasteiger charge is 2.42. The molecule has 0 aromatic heterocycles. The summed E-state index contributed by atoms with van der Waals surface area (Å²) in [7, 11) is -3.52. The lowest BCUT2D eigenvalue weighted by atomic mass is 9.87. The van der Waals surface area contributed by atoms with E-state index in [0.29, 0.717) is 29.7 Å². The number of sulfone groups is 1. The van der Waals surface area contributed by atoms with Crippen molar-refractivity contribution in [1.29, 1.82) is 0 Å². The lowest BCUT2D eigenvalue weighted by molar-refractivity contribution is 0.115. The Bertz CT molecular complexity index is 895. The average molecular weight is 390 g/mol. The Labute approximate surface area is 161 Å². The van der Waals surface area contributed by atoms with Gasteiger partial charge in [0.05, 0.1) is 22.8 Å². The summed E-state index contributed by atoms with van der Waals surface area (Å²) in [6, 6.07) is 13.5. The van der Waals surface area contributed by atoms with E-state index in [4.69, 9.17) is 0 Å². The van der Waals surface area contributed by atoms with Crippen LogP contribution in [0.2, 0.25) is 0 Å². The summed E-state index contributed by atoms with van der Waals surface area (Å²) in [5.41, 5.74) is 0.834. The Kier molecular flexibility index (Phi) is 5.60. The SMILES string of the molecule is CC[C@@H](O)C[C@@]1(CC)CS(=O)(=O)c2ccccc2[C@H](c2ccc(O)cc2)N1. The second-order valence-electron chi connectivity index (χ2n) is 7.37. The summed E-state index contributed by atoms with van der Waals surface area (Å²) in [5, 5.41) is 23.5. The third-order valence-electron chi connectivity index (χ3n) is 5.48. The molecule has 6 heteroatoms. The number of hydrogen-bond acceptors (Lipinski definition) is 5. The Balaban J connectivity index is 2.18. The van der Waals surface area contributed by atoms with Crippen LogP contribution >= 0.6 is 0 Å². The second-order valence-corrected chi connectivity index (χ2v) is 9.32. The maximum Gasteiger partial charge on any atom is 0.180 e. The fraction of sp³-hybridized carbons (Fsp3) is 0.429. The van der Waals surface area contributed by atoms with Crippen LogP contribution < -0.4 is 5.32 Å². The molecule has 1 aliphatic heterocycles. The first kappa shape index (κ1) is 19.9. The van der Waals surface area contributed by atoms with Crippen molar-refractivity contribution in [2.45, 2.75) is 55.7 Å². The predicted molar refractivity (Wildman–Crippen MR) is 106 cm³/mol. The molecule has 0 unspecified atom stereocenters. The molecule has 3 N–H and O–H groups in total. The highest BCUT2D eigenvalue weighted by molar-refractivity contribution is 7.91. The summed E-state index contributed by atoms with van der Waals surface area (Å²) in [6.07, 6.45) is 0.933. The Hall–Kier alpha value is -1.89. The molecule has 0 aliphatic carbocycles. The first-order valence-electron chi connectivity index (χ1n) is 9.36. The molecule has 1 aliphatic rings. The number of fused-ring (bicyclic) bond motifs is 1. The molecule has 27 heavy (non-hydrogen) atoms. The fourth-order valence-corrected chi connectivity index (χ4v) is 5.98. The van der Waals surface area contributed by atoms with Crippen LogP contribution in [0.5, 0.6) is 5.75 Å². The lowest BCUT2D eigenvalue weighted by Crippen LogP contribution is -2.52. The van der Waals surface area contributed by atoms with E-state index in [1.54, 1.807) is 36.4 Å². The molecule has 5 nitrogen and oxygen atoms in total. The summed E-state index contributed by atoms with van der Waals surface area (Å²) < 4.78 is 26.4. The van der Waals surface area contributed by atoms with E-state index in [9.17, 15) is 18.6 Å². The molecule has 1 heterocycles. The van der Waals surface area contributed by atoms with Crippen molar-refractivity contribution < 1.29 is 18.6 Å². The van der Waals surface area contributed by atoms with Crippen molar-refractivity contribution in [1.82, 2.24) is 5.32 Å². The monoisotopic (exact) mass is 389 g/mol. The van der Waals surface area contributed by atoms with Gasteiger partial charge in [0.2, 0.25) is 0 Å². The Morgan fingerprint density at radius 3 is 2.44 bits per heavy atom. The molecule has 2 aromatic rings. The molecule has 0 saturated carbocycles. The molecule has 0 fully saturated rings. The number of benzene rings is 2. The maximum absolute atomic E-state index is 13.2. The number of aromatic hydroxyl groups is 1. The van der Waals surface area contributed by atoms with Gasteiger partial charge in [-0.05, 0) is 48.6 Å². The normalized spacial score (nSPS) is 25.4. The molecule has 146 valence electrons. The zero-order valence-corrected chi connectivity index (χ0v) is 16.5. The first-order chi connectivity index (χ1) is 12.8. The van der Waals surface area contributed by atoms with Crippen LogP contribution in [0.25, 0.3) is 0 Å². The van der Waals surface area contributed by atoms with Crippen molar-refractivity contribution in [3.63, 3.8) is 0 Å². The number of phenols is 1. The molecule has 3 atom stereocenters. The number of phenolic OH excluding ortho intramolecular Hbond substituents is 1. The van der Waals surface area contributed by atoms with Crippen molar-refractivity contribution in [2.75, 3.05) is 5.75 Å². The van der Waals surface area contributed by atoms with Gasteiger partial charge in [0, 0.05) is 5.54 Å². The van der Waals surface area contributed by atoms with Gasteiger partial charge in [0.15, 0.2) is 9.84 Å². The van der Waals surface area contributed by atoms with Gasteiger partial charge in [0.25, 0.3) is 0 Å². The largest absolute Gasteiger partial charge is 0.508 e. The molecule has 0 spiro atoms. The third kappa shape index (κ3) is 4.03. The summed E-state index contributed by atoms with van der Waals surface area (Å²) in [4.78, 5) is 0.330. The van der Waals surface area contributed by atoms with Gasteiger partial charge in [-0.15, -0.1) is 0 Å². The highest BCUT2D eigenvalue weighted by atomic mass is 32.2. The van der Waals surface area contributed by atoms with Crippen molar-refractivity contribution in [3.05, 3.63) is 59.7 Å². The predicted octanol–water partition coefficient (Wildman–Crippen LogP) is 3.17. The summed E-state index contributed by atoms with van der Waals surface area (Å²) >= 11 is 0. The van der Waals surface area contributed by atoms with Gasteiger partial charge in [0.1, 0.15) is 5.75 Å². The van der Waals surface area contributed by atoms with E-state index in [-0.39, 0.29) is 17.5 Å². The number of aliphatic hydroxyl groups excluding tert-OH is 1. The molecule has 0 radical (unpaired) electrons. The molecule has 0 amide bonds. The van der Waals surface area contributed by atoms with E-state index in [2.05, 4.69) is 5.32 Å². The van der Waals surface area contributed by atoms with E-state index < -0.39 is 21.5 Å². The van der Waals surface area contributed by atoms with E-state index in [1.807, 2.05) is 26.0 Å². The molecular weight excluding hydrogens is 362 g/mol. The van der Waals surface area contributed by atoms with Gasteiger partial charge in [-0.3, -0.25) is 5.32 Å². The quantitative estimate of drug-likeness (QED) is 0.731.